The summed E-state index contributed by atoms with van der Waals surface area (Å²) in [5.74, 6) is -1.45. The van der Waals surface area contributed by atoms with E-state index in [0.717, 1.165) is 12.1 Å². The average molecular weight is 270 g/mol. The molecule has 0 bridgehead atoms. The van der Waals surface area contributed by atoms with Gasteiger partial charge in [0.2, 0.25) is 0 Å². The zero-order valence-corrected chi connectivity index (χ0v) is 10.6. The van der Waals surface area contributed by atoms with Crippen LogP contribution in [0.2, 0.25) is 0 Å². The highest BCUT2D eigenvalue weighted by Gasteiger charge is 2.23. The summed E-state index contributed by atoms with van der Waals surface area (Å²) in [6.07, 6.45) is 0. The van der Waals surface area contributed by atoms with Crippen molar-refractivity contribution in [3.63, 3.8) is 0 Å². The monoisotopic (exact) mass is 270 g/mol. The van der Waals surface area contributed by atoms with Crippen LogP contribution in [0.25, 0.3) is 0 Å². The number of amides is 1. The minimum Gasteiger partial charge on any atom is -0.396 e. The first-order valence-corrected chi connectivity index (χ1v) is 5.60. The minimum absolute atomic E-state index is 0.140. The van der Waals surface area contributed by atoms with E-state index in [1.807, 2.05) is 0 Å². The number of benzene rings is 1. The normalized spacial score (nSPS) is 11.2. The first-order valence-electron chi connectivity index (χ1n) is 5.60. The Kier molecular flexibility index (Phi) is 4.55. The van der Waals surface area contributed by atoms with Crippen molar-refractivity contribution in [1.29, 1.82) is 0 Å². The maximum Gasteiger partial charge on any atom is 0.285 e. The smallest absolute Gasteiger partial charge is 0.285 e. The van der Waals surface area contributed by atoms with Gasteiger partial charge in [0.05, 0.1) is 11.0 Å². The molecule has 1 aromatic rings. The topological polar surface area (TPSA) is 92.5 Å². The second kappa shape index (κ2) is 5.75. The Morgan fingerprint density at radius 1 is 1.53 bits per heavy atom. The van der Waals surface area contributed by atoms with Crippen molar-refractivity contribution in [2.75, 3.05) is 13.2 Å². The van der Waals surface area contributed by atoms with Crippen molar-refractivity contribution < 1.29 is 19.2 Å². The summed E-state index contributed by atoms with van der Waals surface area (Å²) in [5, 5.41) is 22.3. The van der Waals surface area contributed by atoms with Crippen LogP contribution < -0.4 is 5.32 Å². The summed E-state index contributed by atoms with van der Waals surface area (Å²) in [7, 11) is 0. The van der Waals surface area contributed by atoms with Crippen LogP contribution in [0, 0.1) is 21.3 Å². The molecule has 0 saturated carbocycles. The van der Waals surface area contributed by atoms with Gasteiger partial charge in [0.25, 0.3) is 11.6 Å². The van der Waals surface area contributed by atoms with Crippen molar-refractivity contribution in [2.24, 2.45) is 5.41 Å². The molecule has 0 aliphatic rings. The highest BCUT2D eigenvalue weighted by Crippen LogP contribution is 2.20. The van der Waals surface area contributed by atoms with Gasteiger partial charge in [0, 0.05) is 18.6 Å². The van der Waals surface area contributed by atoms with Crippen molar-refractivity contribution in [3.05, 3.63) is 39.7 Å². The van der Waals surface area contributed by atoms with E-state index in [1.165, 1.54) is 0 Å². The third-order valence-electron chi connectivity index (χ3n) is 2.56. The minimum atomic E-state index is -0.810. The molecular weight excluding hydrogens is 255 g/mol. The molecule has 0 spiro atoms. The fraction of sp³-hybridized carbons (Fsp3) is 0.417. The van der Waals surface area contributed by atoms with Gasteiger partial charge in [-0.15, -0.1) is 0 Å². The van der Waals surface area contributed by atoms with E-state index in [1.54, 1.807) is 13.8 Å². The Balaban J connectivity index is 2.91. The molecule has 7 heteroatoms. The first-order chi connectivity index (χ1) is 8.76. The predicted molar refractivity (Wildman–Crippen MR) is 66.3 cm³/mol. The molecule has 2 N–H and O–H groups in total. The second-order valence-corrected chi connectivity index (χ2v) is 4.92. The van der Waals surface area contributed by atoms with Crippen LogP contribution in [-0.2, 0) is 0 Å². The molecule has 0 saturated heterocycles. The predicted octanol–water partition coefficient (Wildman–Crippen LogP) is 1.48. The fourth-order valence-corrected chi connectivity index (χ4v) is 1.32. The van der Waals surface area contributed by atoms with Crippen LogP contribution >= 0.6 is 0 Å². The number of aliphatic hydroxyl groups excluding tert-OH is 1. The summed E-state index contributed by atoms with van der Waals surface area (Å²) in [6, 6.07) is 2.75. The number of nitrogens with zero attached hydrogens (tertiary/aromatic N) is 1. The summed E-state index contributed by atoms with van der Waals surface area (Å²) in [5.41, 5.74) is -1.33. The third-order valence-corrected chi connectivity index (χ3v) is 2.56. The number of aliphatic hydroxyl groups is 1. The maximum atomic E-state index is 12.9. The van der Waals surface area contributed by atoms with Crippen LogP contribution in [-0.4, -0.2) is 29.1 Å². The Bertz CT molecular complexity index is 503. The molecule has 1 rings (SSSR count). The van der Waals surface area contributed by atoms with Crippen LogP contribution in [0.5, 0.6) is 0 Å². The lowest BCUT2D eigenvalue weighted by Gasteiger charge is -2.21. The number of nitrogens with one attached hydrogen (secondary N) is 1. The van der Waals surface area contributed by atoms with Gasteiger partial charge in [-0.3, -0.25) is 14.9 Å². The summed E-state index contributed by atoms with van der Waals surface area (Å²) in [4.78, 5) is 21.8. The lowest BCUT2D eigenvalue weighted by atomic mass is 9.95. The molecule has 0 aliphatic heterocycles. The van der Waals surface area contributed by atoms with Gasteiger partial charge in [-0.1, -0.05) is 13.8 Å². The number of nitro groups is 1. The molecule has 104 valence electrons. The molecular formula is C12H15FN2O4. The van der Waals surface area contributed by atoms with E-state index in [0.29, 0.717) is 6.07 Å². The lowest BCUT2D eigenvalue weighted by Crippen LogP contribution is -2.36. The molecule has 0 heterocycles. The van der Waals surface area contributed by atoms with Crippen LogP contribution in [0.4, 0.5) is 10.1 Å². The number of carbonyl (C=O) groups excluding carboxylic acids is 1. The van der Waals surface area contributed by atoms with E-state index in [-0.39, 0.29) is 18.7 Å². The molecule has 0 fully saturated rings. The number of hydrogen-bond donors (Lipinski definition) is 2. The highest BCUT2D eigenvalue weighted by molar-refractivity contribution is 5.98. The van der Waals surface area contributed by atoms with E-state index >= 15 is 0 Å². The standard InChI is InChI=1S/C12H15FN2O4/c1-12(2,7-16)6-14-11(17)9-4-3-8(13)5-10(9)15(18)19/h3-5,16H,6-7H2,1-2H3,(H,14,17). The molecule has 1 aromatic carbocycles. The van der Waals surface area contributed by atoms with Gasteiger partial charge in [-0.2, -0.15) is 0 Å². The van der Waals surface area contributed by atoms with E-state index in [9.17, 15) is 19.3 Å². The number of carbonyl (C=O) groups is 1. The number of hydrogen-bond acceptors (Lipinski definition) is 4. The van der Waals surface area contributed by atoms with Gasteiger partial charge in [-0.25, -0.2) is 4.39 Å². The van der Waals surface area contributed by atoms with Crippen LogP contribution in [0.1, 0.15) is 24.2 Å². The molecule has 0 aromatic heterocycles. The van der Waals surface area contributed by atoms with Gasteiger partial charge in [0.15, 0.2) is 0 Å². The van der Waals surface area contributed by atoms with Crippen LogP contribution in [0.3, 0.4) is 0 Å². The highest BCUT2D eigenvalue weighted by atomic mass is 19.1. The third kappa shape index (κ3) is 3.99. The average Bonchev–Trinajstić information content (AvgIpc) is 2.36. The van der Waals surface area contributed by atoms with Crippen molar-refractivity contribution in [1.82, 2.24) is 5.32 Å². The molecule has 19 heavy (non-hydrogen) atoms. The molecule has 6 nitrogen and oxygen atoms in total. The van der Waals surface area contributed by atoms with Gasteiger partial charge in [0.1, 0.15) is 11.4 Å². The fourth-order valence-electron chi connectivity index (χ4n) is 1.32. The van der Waals surface area contributed by atoms with Crippen molar-refractivity contribution in [2.45, 2.75) is 13.8 Å². The Morgan fingerprint density at radius 3 is 2.68 bits per heavy atom. The first kappa shape index (κ1) is 15.0. The van der Waals surface area contributed by atoms with Gasteiger partial charge >= 0.3 is 0 Å². The van der Waals surface area contributed by atoms with E-state index in [4.69, 9.17) is 5.11 Å². The quantitative estimate of drug-likeness (QED) is 0.626. The SMILES string of the molecule is CC(C)(CO)CNC(=O)c1ccc(F)cc1[N+](=O)[O-]. The van der Waals surface area contributed by atoms with Crippen molar-refractivity contribution >= 4 is 11.6 Å². The Labute approximate surface area is 109 Å². The van der Waals surface area contributed by atoms with E-state index < -0.39 is 27.8 Å². The molecule has 0 unspecified atom stereocenters. The number of rotatable bonds is 5. The zero-order valence-electron chi connectivity index (χ0n) is 10.6. The lowest BCUT2D eigenvalue weighted by molar-refractivity contribution is -0.385. The molecule has 0 radical (unpaired) electrons. The molecule has 0 atom stereocenters. The largest absolute Gasteiger partial charge is 0.396 e. The summed E-state index contributed by atoms with van der Waals surface area (Å²) >= 11 is 0. The number of nitro benzene ring substituents is 1. The maximum absolute atomic E-state index is 12.9. The summed E-state index contributed by atoms with van der Waals surface area (Å²) < 4.78 is 12.9. The van der Waals surface area contributed by atoms with Gasteiger partial charge < -0.3 is 10.4 Å². The summed E-state index contributed by atoms with van der Waals surface area (Å²) in [6.45, 7) is 3.47. The number of halogens is 1. The molecule has 0 aliphatic carbocycles. The Hall–Kier alpha value is -2.02. The zero-order chi connectivity index (χ0) is 14.6. The van der Waals surface area contributed by atoms with E-state index in [2.05, 4.69) is 5.32 Å². The molecule has 1 amide bonds. The Morgan fingerprint density at radius 2 is 2.16 bits per heavy atom. The van der Waals surface area contributed by atoms with Crippen LogP contribution in [0.15, 0.2) is 18.2 Å². The van der Waals surface area contributed by atoms with Gasteiger partial charge in [-0.05, 0) is 12.1 Å². The van der Waals surface area contributed by atoms with Crippen molar-refractivity contribution in [3.8, 4) is 0 Å². The second-order valence-electron chi connectivity index (χ2n) is 4.92.